The molecule has 0 bridgehead atoms. The maximum atomic E-state index is 13.2. The summed E-state index contributed by atoms with van der Waals surface area (Å²) in [7, 11) is 0. The zero-order chi connectivity index (χ0) is 11.5. The van der Waals surface area contributed by atoms with Gasteiger partial charge >= 0.3 is 0 Å². The molecule has 0 amide bonds. The van der Waals surface area contributed by atoms with E-state index in [9.17, 15) is 4.39 Å². The van der Waals surface area contributed by atoms with E-state index in [0.717, 1.165) is 5.69 Å². The Kier molecular flexibility index (Phi) is 3.09. The van der Waals surface area contributed by atoms with Gasteiger partial charge in [-0.2, -0.15) is 0 Å². The lowest BCUT2D eigenvalue weighted by Crippen LogP contribution is -2.03. The van der Waals surface area contributed by atoms with Crippen molar-refractivity contribution in [2.75, 3.05) is 11.1 Å². The standard InChI is InChI=1S/C10H9BrFN3O/c11-7-3-9(13)10(4-8(7)12)14-5-6-1-2-16-15-6/h1-4,14H,5,13H2. The predicted octanol–water partition coefficient (Wildman–Crippen LogP) is 2.77. The molecular weight excluding hydrogens is 277 g/mol. The summed E-state index contributed by atoms with van der Waals surface area (Å²) in [5.74, 6) is -0.364. The van der Waals surface area contributed by atoms with Gasteiger partial charge < -0.3 is 15.6 Å². The highest BCUT2D eigenvalue weighted by molar-refractivity contribution is 9.10. The summed E-state index contributed by atoms with van der Waals surface area (Å²) >= 11 is 3.06. The highest BCUT2D eigenvalue weighted by Crippen LogP contribution is 2.26. The summed E-state index contributed by atoms with van der Waals surface area (Å²) in [6.45, 7) is 0.432. The first-order chi connectivity index (χ1) is 7.66. The van der Waals surface area contributed by atoms with Crippen molar-refractivity contribution in [1.82, 2.24) is 5.16 Å². The molecule has 0 aliphatic carbocycles. The summed E-state index contributed by atoms with van der Waals surface area (Å²) in [5, 5.41) is 6.69. The second-order valence-corrected chi connectivity index (χ2v) is 4.05. The van der Waals surface area contributed by atoms with Gasteiger partial charge in [0, 0.05) is 12.1 Å². The molecule has 4 nitrogen and oxygen atoms in total. The smallest absolute Gasteiger partial charge is 0.139 e. The van der Waals surface area contributed by atoms with Crippen molar-refractivity contribution in [2.45, 2.75) is 6.54 Å². The fourth-order valence-corrected chi connectivity index (χ4v) is 1.59. The number of nitrogens with zero attached hydrogens (tertiary/aromatic N) is 1. The summed E-state index contributed by atoms with van der Waals surface area (Å²) in [6.07, 6.45) is 1.47. The van der Waals surface area contributed by atoms with E-state index >= 15 is 0 Å². The van der Waals surface area contributed by atoms with E-state index in [1.165, 1.54) is 18.4 Å². The molecule has 0 atom stereocenters. The molecule has 16 heavy (non-hydrogen) atoms. The number of nitrogen functional groups attached to an aromatic ring is 1. The Morgan fingerprint density at radius 3 is 3.00 bits per heavy atom. The number of halogens is 2. The van der Waals surface area contributed by atoms with Crippen molar-refractivity contribution in [1.29, 1.82) is 0 Å². The van der Waals surface area contributed by atoms with Crippen molar-refractivity contribution >= 4 is 27.3 Å². The normalized spacial score (nSPS) is 10.4. The predicted molar refractivity (Wildman–Crippen MR) is 62.3 cm³/mol. The highest BCUT2D eigenvalue weighted by atomic mass is 79.9. The monoisotopic (exact) mass is 285 g/mol. The molecular formula is C10H9BrFN3O. The molecule has 0 unspecified atom stereocenters. The number of nitrogens with two attached hydrogens (primary N) is 1. The van der Waals surface area contributed by atoms with Gasteiger partial charge in [-0.1, -0.05) is 5.16 Å². The van der Waals surface area contributed by atoms with Crippen LogP contribution in [0.2, 0.25) is 0 Å². The van der Waals surface area contributed by atoms with Crippen LogP contribution in [0.5, 0.6) is 0 Å². The van der Waals surface area contributed by atoms with Gasteiger partial charge in [-0.15, -0.1) is 0 Å². The molecule has 2 aromatic rings. The number of rotatable bonds is 3. The Morgan fingerprint density at radius 1 is 1.50 bits per heavy atom. The molecule has 3 N–H and O–H groups in total. The summed E-state index contributed by atoms with van der Waals surface area (Å²) in [4.78, 5) is 0. The number of hydrogen-bond donors (Lipinski definition) is 2. The van der Waals surface area contributed by atoms with Crippen LogP contribution in [0.3, 0.4) is 0 Å². The minimum Gasteiger partial charge on any atom is -0.397 e. The van der Waals surface area contributed by atoms with E-state index in [1.807, 2.05) is 0 Å². The van der Waals surface area contributed by atoms with Gasteiger partial charge in [0.05, 0.1) is 22.4 Å². The quantitative estimate of drug-likeness (QED) is 0.851. The maximum Gasteiger partial charge on any atom is 0.139 e. The number of nitrogens with one attached hydrogen (secondary N) is 1. The largest absolute Gasteiger partial charge is 0.397 e. The zero-order valence-corrected chi connectivity index (χ0v) is 9.79. The van der Waals surface area contributed by atoms with Gasteiger partial charge in [0.1, 0.15) is 17.8 Å². The van der Waals surface area contributed by atoms with Gasteiger partial charge in [0.2, 0.25) is 0 Å². The van der Waals surface area contributed by atoms with Crippen LogP contribution < -0.4 is 11.1 Å². The molecule has 0 aliphatic rings. The summed E-state index contributed by atoms with van der Waals surface area (Å²) in [6, 6.07) is 4.57. The van der Waals surface area contributed by atoms with E-state index in [4.69, 9.17) is 5.73 Å². The van der Waals surface area contributed by atoms with Crippen LogP contribution in [0.25, 0.3) is 0 Å². The number of aromatic nitrogens is 1. The van der Waals surface area contributed by atoms with Gasteiger partial charge in [-0.3, -0.25) is 0 Å². The van der Waals surface area contributed by atoms with Gasteiger partial charge in [-0.05, 0) is 22.0 Å². The average Bonchev–Trinajstić information content (AvgIpc) is 2.74. The van der Waals surface area contributed by atoms with Crippen LogP contribution in [0.1, 0.15) is 5.69 Å². The Labute approximate surface area is 99.7 Å². The van der Waals surface area contributed by atoms with Crippen molar-refractivity contribution in [3.8, 4) is 0 Å². The van der Waals surface area contributed by atoms with E-state index in [2.05, 4.69) is 30.9 Å². The molecule has 6 heteroatoms. The minimum absolute atomic E-state index is 0.344. The lowest BCUT2D eigenvalue weighted by Gasteiger charge is -2.08. The molecule has 0 fully saturated rings. The molecule has 1 aromatic heterocycles. The van der Waals surface area contributed by atoms with Crippen LogP contribution in [-0.4, -0.2) is 5.16 Å². The van der Waals surface area contributed by atoms with Crippen LogP contribution in [0.4, 0.5) is 15.8 Å². The van der Waals surface area contributed by atoms with Crippen molar-refractivity contribution in [3.05, 3.63) is 40.4 Å². The molecule has 84 valence electrons. The SMILES string of the molecule is Nc1cc(Br)c(F)cc1NCc1ccon1. The van der Waals surface area contributed by atoms with Crippen LogP contribution >= 0.6 is 15.9 Å². The lowest BCUT2D eigenvalue weighted by atomic mass is 10.2. The highest BCUT2D eigenvalue weighted by Gasteiger charge is 2.06. The van der Waals surface area contributed by atoms with Crippen molar-refractivity contribution in [2.24, 2.45) is 0 Å². The maximum absolute atomic E-state index is 13.2. The lowest BCUT2D eigenvalue weighted by molar-refractivity contribution is 0.412. The van der Waals surface area contributed by atoms with Gasteiger partial charge in [0.25, 0.3) is 0 Å². The molecule has 1 aromatic carbocycles. The Morgan fingerprint density at radius 2 is 2.31 bits per heavy atom. The molecule has 1 heterocycles. The minimum atomic E-state index is -0.364. The summed E-state index contributed by atoms with van der Waals surface area (Å²) in [5.41, 5.74) is 7.45. The van der Waals surface area contributed by atoms with Crippen LogP contribution in [0.15, 0.2) is 33.5 Å². The molecule has 2 rings (SSSR count). The fourth-order valence-electron chi connectivity index (χ4n) is 1.23. The Balaban J connectivity index is 2.12. The van der Waals surface area contributed by atoms with Crippen molar-refractivity contribution in [3.63, 3.8) is 0 Å². The third-order valence-corrected chi connectivity index (χ3v) is 2.65. The molecule has 0 aliphatic heterocycles. The Bertz CT molecular complexity index is 487. The van der Waals surface area contributed by atoms with Gasteiger partial charge in [0.15, 0.2) is 0 Å². The Hall–Kier alpha value is -1.56. The third kappa shape index (κ3) is 2.33. The summed E-state index contributed by atoms with van der Waals surface area (Å²) < 4.78 is 18.3. The number of hydrogen-bond acceptors (Lipinski definition) is 4. The first-order valence-electron chi connectivity index (χ1n) is 4.54. The molecule has 0 saturated carbocycles. The second-order valence-electron chi connectivity index (χ2n) is 3.20. The third-order valence-electron chi connectivity index (χ3n) is 2.04. The van der Waals surface area contributed by atoms with Gasteiger partial charge in [-0.25, -0.2) is 4.39 Å². The van der Waals surface area contributed by atoms with E-state index in [-0.39, 0.29) is 5.82 Å². The fraction of sp³-hybridized carbons (Fsp3) is 0.100. The van der Waals surface area contributed by atoms with E-state index in [1.54, 1.807) is 6.07 Å². The first-order valence-corrected chi connectivity index (χ1v) is 5.34. The van der Waals surface area contributed by atoms with E-state index < -0.39 is 0 Å². The first kappa shape index (κ1) is 10.9. The van der Waals surface area contributed by atoms with Crippen LogP contribution in [-0.2, 0) is 6.54 Å². The molecule has 0 radical (unpaired) electrons. The average molecular weight is 286 g/mol. The van der Waals surface area contributed by atoms with E-state index in [0.29, 0.717) is 22.4 Å². The topological polar surface area (TPSA) is 64.1 Å². The molecule has 0 spiro atoms. The number of benzene rings is 1. The molecule has 0 saturated heterocycles. The zero-order valence-electron chi connectivity index (χ0n) is 8.21. The van der Waals surface area contributed by atoms with Crippen molar-refractivity contribution < 1.29 is 8.91 Å². The number of anilines is 2. The van der Waals surface area contributed by atoms with Crippen LogP contribution in [0, 0.1) is 5.82 Å². The second kappa shape index (κ2) is 4.52.